The fourth-order valence-electron chi connectivity index (χ4n) is 1.19. The van der Waals surface area contributed by atoms with E-state index in [-0.39, 0.29) is 5.41 Å². The van der Waals surface area contributed by atoms with Gasteiger partial charge in [-0.25, -0.2) is 4.98 Å². The van der Waals surface area contributed by atoms with Crippen molar-refractivity contribution >= 4 is 11.8 Å². The quantitative estimate of drug-likeness (QED) is 0.596. The highest BCUT2D eigenvalue weighted by Gasteiger charge is 2.14. The zero-order chi connectivity index (χ0) is 11.1. The van der Waals surface area contributed by atoms with Gasteiger partial charge in [0.2, 0.25) is 0 Å². The number of thioether (sulfide) groups is 1. The zero-order valence-corrected chi connectivity index (χ0v) is 10.3. The number of aromatic nitrogens is 2. The summed E-state index contributed by atoms with van der Waals surface area (Å²) in [6.45, 7) is 5.17. The second-order valence-electron chi connectivity index (χ2n) is 4.36. The van der Waals surface area contributed by atoms with Crippen LogP contribution >= 0.6 is 11.8 Å². The van der Waals surface area contributed by atoms with Crippen LogP contribution in [-0.2, 0) is 0 Å². The van der Waals surface area contributed by atoms with Crippen molar-refractivity contribution in [3.05, 3.63) is 18.6 Å². The van der Waals surface area contributed by atoms with Crippen LogP contribution in [-0.4, -0.2) is 22.3 Å². The van der Waals surface area contributed by atoms with Crippen LogP contribution in [0.1, 0.15) is 26.7 Å². The number of hydrogen-bond donors (Lipinski definition) is 1. The van der Waals surface area contributed by atoms with Crippen molar-refractivity contribution in [2.45, 2.75) is 31.7 Å². The molecule has 0 atom stereocenters. The van der Waals surface area contributed by atoms with Gasteiger partial charge in [-0.3, -0.25) is 4.98 Å². The molecule has 0 bridgehead atoms. The van der Waals surface area contributed by atoms with E-state index in [0.717, 1.165) is 23.7 Å². The molecule has 1 aromatic heterocycles. The van der Waals surface area contributed by atoms with Crippen LogP contribution in [0.15, 0.2) is 23.6 Å². The van der Waals surface area contributed by atoms with Crippen molar-refractivity contribution in [2.75, 3.05) is 12.3 Å². The molecule has 1 aromatic rings. The first-order valence-electron chi connectivity index (χ1n) is 5.23. The van der Waals surface area contributed by atoms with Gasteiger partial charge >= 0.3 is 0 Å². The summed E-state index contributed by atoms with van der Waals surface area (Å²) in [6.07, 6.45) is 7.56. The third-order valence-electron chi connectivity index (χ3n) is 2.34. The summed E-state index contributed by atoms with van der Waals surface area (Å²) in [6, 6.07) is 0. The average molecular weight is 225 g/mol. The van der Waals surface area contributed by atoms with Gasteiger partial charge < -0.3 is 5.73 Å². The van der Waals surface area contributed by atoms with Gasteiger partial charge in [0, 0.05) is 12.4 Å². The number of rotatable bonds is 6. The molecule has 0 unspecified atom stereocenters. The zero-order valence-electron chi connectivity index (χ0n) is 9.44. The smallest absolute Gasteiger partial charge is 0.114 e. The van der Waals surface area contributed by atoms with Crippen molar-refractivity contribution in [1.82, 2.24) is 9.97 Å². The van der Waals surface area contributed by atoms with E-state index in [1.165, 1.54) is 6.42 Å². The first-order valence-corrected chi connectivity index (χ1v) is 6.21. The van der Waals surface area contributed by atoms with Gasteiger partial charge in [-0.2, -0.15) is 0 Å². The molecule has 1 heterocycles. The van der Waals surface area contributed by atoms with Crippen molar-refractivity contribution in [2.24, 2.45) is 11.1 Å². The summed E-state index contributed by atoms with van der Waals surface area (Å²) in [5.41, 5.74) is 5.94. The molecule has 84 valence electrons. The Labute approximate surface area is 95.9 Å². The molecule has 1 rings (SSSR count). The third-order valence-corrected chi connectivity index (χ3v) is 3.34. The van der Waals surface area contributed by atoms with Crippen molar-refractivity contribution in [3.63, 3.8) is 0 Å². The molecule has 0 aliphatic rings. The maximum absolute atomic E-state index is 5.67. The van der Waals surface area contributed by atoms with Gasteiger partial charge in [0.1, 0.15) is 5.03 Å². The summed E-state index contributed by atoms with van der Waals surface area (Å²) in [4.78, 5) is 8.23. The van der Waals surface area contributed by atoms with Gasteiger partial charge in [-0.15, -0.1) is 11.8 Å². The van der Waals surface area contributed by atoms with Gasteiger partial charge in [0.15, 0.2) is 0 Å². The molecule has 0 fully saturated rings. The van der Waals surface area contributed by atoms with E-state index in [4.69, 9.17) is 5.73 Å². The second-order valence-corrected chi connectivity index (χ2v) is 5.48. The lowest BCUT2D eigenvalue weighted by Gasteiger charge is -2.21. The minimum atomic E-state index is 0.267. The van der Waals surface area contributed by atoms with Gasteiger partial charge in [-0.05, 0) is 30.6 Å². The summed E-state index contributed by atoms with van der Waals surface area (Å²) in [5, 5.41) is 1.00. The molecule has 0 spiro atoms. The first kappa shape index (κ1) is 12.5. The van der Waals surface area contributed by atoms with E-state index in [1.807, 2.05) is 0 Å². The third kappa shape index (κ3) is 5.14. The van der Waals surface area contributed by atoms with E-state index >= 15 is 0 Å². The van der Waals surface area contributed by atoms with Crippen LogP contribution in [0.5, 0.6) is 0 Å². The number of nitrogens with zero attached hydrogens (tertiary/aromatic N) is 2. The van der Waals surface area contributed by atoms with Crippen LogP contribution in [0.2, 0.25) is 0 Å². The molecule has 2 N–H and O–H groups in total. The molecular formula is C11H19N3S. The highest BCUT2D eigenvalue weighted by molar-refractivity contribution is 7.99. The van der Waals surface area contributed by atoms with Crippen LogP contribution in [0.4, 0.5) is 0 Å². The van der Waals surface area contributed by atoms with E-state index < -0.39 is 0 Å². The molecule has 4 heteroatoms. The number of hydrogen-bond acceptors (Lipinski definition) is 4. The van der Waals surface area contributed by atoms with Crippen molar-refractivity contribution in [1.29, 1.82) is 0 Å². The monoisotopic (exact) mass is 225 g/mol. The molecule has 3 nitrogen and oxygen atoms in total. The van der Waals surface area contributed by atoms with Crippen LogP contribution in [0, 0.1) is 5.41 Å². The van der Waals surface area contributed by atoms with Crippen molar-refractivity contribution in [3.8, 4) is 0 Å². The van der Waals surface area contributed by atoms with Gasteiger partial charge in [-0.1, -0.05) is 13.8 Å². The highest BCUT2D eigenvalue weighted by Crippen LogP contribution is 2.23. The predicted octanol–water partition coefficient (Wildman–Crippen LogP) is 2.33. The van der Waals surface area contributed by atoms with E-state index in [9.17, 15) is 0 Å². The van der Waals surface area contributed by atoms with Crippen LogP contribution < -0.4 is 5.73 Å². The maximum atomic E-state index is 5.67. The Bertz CT molecular complexity index is 274. The molecule has 0 saturated carbocycles. The lowest BCUT2D eigenvalue weighted by atomic mass is 9.88. The van der Waals surface area contributed by atoms with E-state index in [1.54, 1.807) is 30.4 Å². The molecule has 0 saturated heterocycles. The molecule has 0 aliphatic heterocycles. The Hall–Kier alpha value is -0.610. The fourth-order valence-corrected chi connectivity index (χ4v) is 1.96. The van der Waals surface area contributed by atoms with Gasteiger partial charge in [0.05, 0.1) is 6.20 Å². The number of nitrogens with two attached hydrogens (primary N) is 1. The Morgan fingerprint density at radius 2 is 2.20 bits per heavy atom. The van der Waals surface area contributed by atoms with E-state index in [2.05, 4.69) is 23.8 Å². The SMILES string of the molecule is CC(C)(CN)CCCSc1cnccn1. The minimum Gasteiger partial charge on any atom is -0.330 e. The molecule has 0 amide bonds. The molecule has 0 aliphatic carbocycles. The fraction of sp³-hybridized carbons (Fsp3) is 0.636. The Balaban J connectivity index is 2.18. The average Bonchev–Trinajstić information content (AvgIpc) is 2.26. The largest absolute Gasteiger partial charge is 0.330 e. The van der Waals surface area contributed by atoms with Crippen LogP contribution in [0.25, 0.3) is 0 Å². The van der Waals surface area contributed by atoms with Gasteiger partial charge in [0.25, 0.3) is 0 Å². The van der Waals surface area contributed by atoms with Crippen molar-refractivity contribution < 1.29 is 0 Å². The molecule has 0 aromatic carbocycles. The molecule has 0 radical (unpaired) electrons. The second kappa shape index (κ2) is 6.08. The Morgan fingerprint density at radius 3 is 2.80 bits per heavy atom. The summed E-state index contributed by atoms with van der Waals surface area (Å²) < 4.78 is 0. The lowest BCUT2D eigenvalue weighted by molar-refractivity contribution is 0.345. The topological polar surface area (TPSA) is 51.8 Å². The molecular weight excluding hydrogens is 206 g/mol. The maximum Gasteiger partial charge on any atom is 0.114 e. The standard InChI is InChI=1S/C11H19N3S/c1-11(2,9-12)4-3-7-15-10-8-13-5-6-14-10/h5-6,8H,3-4,7,9,12H2,1-2H3. The predicted molar refractivity (Wildman–Crippen MR) is 64.8 cm³/mol. The minimum absolute atomic E-state index is 0.267. The Morgan fingerprint density at radius 1 is 1.40 bits per heavy atom. The Kier molecular flexibility index (Phi) is 5.05. The highest BCUT2D eigenvalue weighted by atomic mass is 32.2. The lowest BCUT2D eigenvalue weighted by Crippen LogP contribution is -2.23. The summed E-state index contributed by atoms with van der Waals surface area (Å²) in [7, 11) is 0. The molecule has 15 heavy (non-hydrogen) atoms. The normalized spacial score (nSPS) is 11.7. The van der Waals surface area contributed by atoms with E-state index in [0.29, 0.717) is 0 Å². The van der Waals surface area contributed by atoms with Crippen LogP contribution in [0.3, 0.4) is 0 Å². The summed E-state index contributed by atoms with van der Waals surface area (Å²) >= 11 is 1.76. The first-order chi connectivity index (χ1) is 7.14. The summed E-state index contributed by atoms with van der Waals surface area (Å²) in [5.74, 6) is 1.09.